The van der Waals surface area contributed by atoms with Crippen LogP contribution < -0.4 is 0 Å². The van der Waals surface area contributed by atoms with Crippen LogP contribution in [0.2, 0.25) is 0 Å². The fourth-order valence-corrected chi connectivity index (χ4v) is 12.0. The molecule has 5 atom stereocenters. The van der Waals surface area contributed by atoms with Crippen LogP contribution in [0.25, 0.3) is 0 Å². The summed E-state index contributed by atoms with van der Waals surface area (Å²) in [6, 6.07) is 0. The number of hydrogen-bond donors (Lipinski definition) is 3. The highest BCUT2D eigenvalue weighted by molar-refractivity contribution is 7.47. The molecule has 19 heteroatoms. The molecule has 0 aliphatic rings. The molecule has 17 nitrogen and oxygen atoms in total. The minimum Gasteiger partial charge on any atom is -0.462 e. The second-order valence-electron chi connectivity index (χ2n) is 26.6. The van der Waals surface area contributed by atoms with Gasteiger partial charge in [0.2, 0.25) is 0 Å². The number of rotatable bonds is 75. The molecule has 0 aromatic carbocycles. The fourth-order valence-electron chi connectivity index (χ4n) is 10.4. The van der Waals surface area contributed by atoms with Gasteiger partial charge in [-0.3, -0.25) is 37.3 Å². The van der Waals surface area contributed by atoms with E-state index in [-0.39, 0.29) is 25.7 Å². The smallest absolute Gasteiger partial charge is 0.462 e. The molecule has 0 spiro atoms. The quantitative estimate of drug-likeness (QED) is 0.0169. The molecule has 3 N–H and O–H groups in total. The van der Waals surface area contributed by atoms with E-state index in [9.17, 15) is 43.2 Å². The van der Waals surface area contributed by atoms with Crippen molar-refractivity contribution in [3.05, 3.63) is 158 Å². The number of ether oxygens (including phenoxy) is 4. The summed E-state index contributed by atoms with van der Waals surface area (Å²) in [5.41, 5.74) is 0. The second kappa shape index (κ2) is 77.8. The molecule has 0 radical (unpaired) electrons. The Morgan fingerprint density at radius 3 is 0.802 bits per heavy atom. The SMILES string of the molecule is CC/C=C\C/C=C\C/C=C\C/C=C\C/C=C\C/C=C\CCC(=O)O[C@H](COC(=O)CCCCCCC/C=C\CCCCCC)COP(=O)(O)OC[C@@H](O)COP(=O)(O)OC[C@@H](COC(=O)CCCCCCCCCCCCCCCCC)OC(=O)CC/C=C\C/C=C\C/C=C\C/C=C\C/C=C\C/C=C\CC. The third-order valence-corrected chi connectivity index (χ3v) is 18.4. The van der Waals surface area contributed by atoms with Gasteiger partial charge in [0.05, 0.1) is 26.4 Å². The van der Waals surface area contributed by atoms with Gasteiger partial charge < -0.3 is 33.8 Å². The molecule has 106 heavy (non-hydrogen) atoms. The maximum absolute atomic E-state index is 13.1. The third kappa shape index (κ3) is 76.9. The number of carbonyl (C=O) groups is 4. The number of esters is 4. The van der Waals surface area contributed by atoms with Crippen LogP contribution in [0, 0.1) is 0 Å². The van der Waals surface area contributed by atoms with Crippen molar-refractivity contribution in [3.8, 4) is 0 Å². The van der Waals surface area contributed by atoms with E-state index in [2.05, 4.69) is 149 Å². The lowest BCUT2D eigenvalue weighted by molar-refractivity contribution is -0.161. The summed E-state index contributed by atoms with van der Waals surface area (Å²) in [7, 11) is -10.0. The topological polar surface area (TPSA) is 237 Å². The van der Waals surface area contributed by atoms with E-state index in [0.717, 1.165) is 128 Å². The van der Waals surface area contributed by atoms with E-state index in [4.69, 9.17) is 37.0 Å². The number of phosphoric ester groups is 2. The Hall–Kier alpha value is -5.32. The molecule has 604 valence electrons. The molecule has 0 aliphatic carbocycles. The standard InChI is InChI=1S/C87H144O17P2/c1-5-9-13-17-21-25-29-33-36-38-40-42-45-49-53-57-61-65-69-73-86(91)103-82(77-97-84(89)71-67-63-59-55-51-47-32-28-24-20-16-12-8-4)79-101-105(93,94)99-75-81(88)76-100-106(95,96)102-80-83(78-98-85(90)72-68-64-60-56-52-48-44-35-31-27-23-19-15-11-7-3)104-87(92)74-70-66-62-58-54-50-46-43-41-39-37-34-30-26-22-18-14-10-6-2/h9-10,13-14,21-22,25-26,28,32-34,36-37,40-43,49-50,53-54,61-62,65-66,81-83,88H,5-8,11-12,15-20,23-24,27,29-31,35,38-39,44-48,51-52,55-60,63-64,67-80H2,1-4H3,(H,93,94)(H,95,96)/b13-9-,14-10-,25-21-,26-22-,32-28-,36-33-,37-34-,42-40-,43-41-,53-49-,54-50-,65-61-,66-62-/t81-,82-,83-/m1/s1. The Kier molecular flexibility index (Phi) is 73.9. The van der Waals surface area contributed by atoms with E-state index < -0.39 is 97.5 Å². The highest BCUT2D eigenvalue weighted by Gasteiger charge is 2.30. The molecule has 0 aliphatic heterocycles. The molecule has 0 rings (SSSR count). The molecular weight excluding hydrogens is 1380 g/mol. The Labute approximate surface area is 642 Å². The summed E-state index contributed by atoms with van der Waals surface area (Å²) >= 11 is 0. The van der Waals surface area contributed by atoms with E-state index >= 15 is 0 Å². The Morgan fingerprint density at radius 1 is 0.274 bits per heavy atom. The van der Waals surface area contributed by atoms with Crippen LogP contribution >= 0.6 is 15.6 Å². The maximum Gasteiger partial charge on any atom is 0.472 e. The first-order valence-electron chi connectivity index (χ1n) is 40.7. The summed E-state index contributed by atoms with van der Waals surface area (Å²) in [6.45, 7) is 4.46. The Morgan fingerprint density at radius 2 is 0.509 bits per heavy atom. The van der Waals surface area contributed by atoms with Crippen molar-refractivity contribution in [2.24, 2.45) is 0 Å². The van der Waals surface area contributed by atoms with E-state index in [1.54, 1.807) is 0 Å². The zero-order valence-electron chi connectivity index (χ0n) is 66.1. The van der Waals surface area contributed by atoms with Gasteiger partial charge >= 0.3 is 39.5 Å². The lowest BCUT2D eigenvalue weighted by Crippen LogP contribution is -2.30. The molecular formula is C87H144O17P2. The van der Waals surface area contributed by atoms with Gasteiger partial charge in [-0.25, -0.2) is 9.13 Å². The van der Waals surface area contributed by atoms with Crippen LogP contribution in [0.3, 0.4) is 0 Å². The van der Waals surface area contributed by atoms with Crippen molar-refractivity contribution in [3.63, 3.8) is 0 Å². The van der Waals surface area contributed by atoms with Gasteiger partial charge in [-0.1, -0.05) is 314 Å². The zero-order chi connectivity index (χ0) is 77.4. The Bertz CT molecular complexity index is 2630. The van der Waals surface area contributed by atoms with Crippen molar-refractivity contribution in [2.45, 2.75) is 329 Å². The summed E-state index contributed by atoms with van der Waals surface area (Å²) in [4.78, 5) is 73.0. The first kappa shape index (κ1) is 101. The number of carbonyl (C=O) groups excluding carboxylic acids is 4. The predicted octanol–water partition coefficient (Wildman–Crippen LogP) is 24.0. The number of phosphoric acid groups is 2. The van der Waals surface area contributed by atoms with Gasteiger partial charge in [-0.2, -0.15) is 0 Å². The van der Waals surface area contributed by atoms with Gasteiger partial charge in [-0.15, -0.1) is 0 Å². The minimum absolute atomic E-state index is 0.0349. The van der Waals surface area contributed by atoms with E-state index in [1.807, 2.05) is 36.5 Å². The molecule has 0 bridgehead atoms. The Balaban J connectivity index is 5.51. The molecule has 2 unspecified atom stereocenters. The van der Waals surface area contributed by atoms with Crippen molar-refractivity contribution in [2.75, 3.05) is 39.6 Å². The zero-order valence-corrected chi connectivity index (χ0v) is 67.8. The first-order chi connectivity index (χ1) is 51.7. The van der Waals surface area contributed by atoms with Gasteiger partial charge in [0, 0.05) is 25.7 Å². The van der Waals surface area contributed by atoms with Crippen LogP contribution in [-0.4, -0.2) is 96.7 Å². The highest BCUT2D eigenvalue weighted by atomic mass is 31.2. The van der Waals surface area contributed by atoms with Gasteiger partial charge in [0.25, 0.3) is 0 Å². The molecule has 0 aromatic heterocycles. The number of aliphatic hydroxyl groups excluding tert-OH is 1. The average molecular weight is 1520 g/mol. The maximum atomic E-state index is 13.1. The molecule has 0 heterocycles. The normalized spacial score (nSPS) is 14.7. The second-order valence-corrected chi connectivity index (χ2v) is 29.5. The van der Waals surface area contributed by atoms with Gasteiger partial charge in [0.1, 0.15) is 19.3 Å². The molecule has 0 aromatic rings. The summed E-state index contributed by atoms with van der Waals surface area (Å²) in [6.07, 6.45) is 91.1. The molecule has 0 saturated heterocycles. The molecule has 0 amide bonds. The number of allylic oxidation sites excluding steroid dienone is 26. The lowest BCUT2D eigenvalue weighted by Gasteiger charge is -2.21. The van der Waals surface area contributed by atoms with Crippen LogP contribution in [0.5, 0.6) is 0 Å². The van der Waals surface area contributed by atoms with Crippen LogP contribution in [0.1, 0.15) is 310 Å². The van der Waals surface area contributed by atoms with Crippen LogP contribution in [0.15, 0.2) is 158 Å². The monoisotopic (exact) mass is 1520 g/mol. The number of unbranched alkanes of at least 4 members (excludes halogenated alkanes) is 23. The van der Waals surface area contributed by atoms with Crippen molar-refractivity contribution >= 4 is 39.5 Å². The largest absolute Gasteiger partial charge is 0.472 e. The fraction of sp³-hybridized carbons (Fsp3) is 0.655. The summed E-state index contributed by atoms with van der Waals surface area (Å²) in [5.74, 6) is -2.38. The van der Waals surface area contributed by atoms with Crippen LogP contribution in [-0.2, 0) is 65.4 Å². The minimum atomic E-state index is -5.01. The first-order valence-corrected chi connectivity index (χ1v) is 43.7. The van der Waals surface area contributed by atoms with Crippen molar-refractivity contribution in [1.82, 2.24) is 0 Å². The van der Waals surface area contributed by atoms with Crippen molar-refractivity contribution in [1.29, 1.82) is 0 Å². The van der Waals surface area contributed by atoms with E-state index in [1.165, 1.54) is 89.9 Å². The van der Waals surface area contributed by atoms with E-state index in [0.29, 0.717) is 38.5 Å². The predicted molar refractivity (Wildman–Crippen MR) is 436 cm³/mol. The van der Waals surface area contributed by atoms with Gasteiger partial charge in [0.15, 0.2) is 12.2 Å². The summed E-state index contributed by atoms with van der Waals surface area (Å²) in [5, 5.41) is 10.6. The van der Waals surface area contributed by atoms with Crippen LogP contribution in [0.4, 0.5) is 0 Å². The average Bonchev–Trinajstić information content (AvgIpc) is 0.937. The highest BCUT2D eigenvalue weighted by Crippen LogP contribution is 2.45. The molecule has 0 saturated carbocycles. The lowest BCUT2D eigenvalue weighted by atomic mass is 10.0. The molecule has 0 fully saturated rings. The third-order valence-electron chi connectivity index (χ3n) is 16.5. The van der Waals surface area contributed by atoms with Gasteiger partial charge in [-0.05, 0) is 128 Å². The van der Waals surface area contributed by atoms with Crippen molar-refractivity contribution < 1.29 is 80.2 Å². The number of hydrogen-bond acceptors (Lipinski definition) is 15. The summed E-state index contributed by atoms with van der Waals surface area (Å²) < 4.78 is 68.5. The number of aliphatic hydroxyl groups is 1.